The molecule has 1 aliphatic rings. The zero-order valence-corrected chi connectivity index (χ0v) is 12.2. The summed E-state index contributed by atoms with van der Waals surface area (Å²) in [4.78, 5) is 15.3. The molecule has 1 saturated heterocycles. The molecular weight excluding hydrogens is 294 g/mol. The van der Waals surface area contributed by atoms with Crippen LogP contribution in [-0.2, 0) is 9.53 Å². The standard InChI is InChI=1S/C17H14N3O3/c18-8-11-3-1-2-4-14(11)12-5-6-16(20-9-12)23-13-7-15(17(19)21)22-10-13/h1-7,9,13,15H,10H2,(H2,19,21). The second-order valence-corrected chi connectivity index (χ2v) is 5.05. The van der Waals surface area contributed by atoms with Gasteiger partial charge in [0.15, 0.2) is 0 Å². The van der Waals surface area contributed by atoms with Gasteiger partial charge in [0.05, 0.1) is 18.2 Å². The second-order valence-electron chi connectivity index (χ2n) is 5.05. The molecule has 1 radical (unpaired) electrons. The van der Waals surface area contributed by atoms with Gasteiger partial charge in [0.2, 0.25) is 11.8 Å². The lowest BCUT2D eigenvalue weighted by atomic mass is 10.0. The molecule has 1 fully saturated rings. The molecule has 0 spiro atoms. The van der Waals surface area contributed by atoms with Crippen molar-refractivity contribution >= 4 is 5.91 Å². The summed E-state index contributed by atoms with van der Waals surface area (Å²) >= 11 is 0. The van der Waals surface area contributed by atoms with E-state index in [9.17, 15) is 4.79 Å². The zero-order chi connectivity index (χ0) is 16.2. The molecule has 23 heavy (non-hydrogen) atoms. The minimum Gasteiger partial charge on any atom is -0.471 e. The molecule has 2 N–H and O–H groups in total. The summed E-state index contributed by atoms with van der Waals surface area (Å²) in [6.45, 7) is 0.258. The van der Waals surface area contributed by atoms with E-state index in [-0.39, 0.29) is 12.7 Å². The molecule has 1 aromatic carbocycles. The fourth-order valence-corrected chi connectivity index (χ4v) is 2.35. The molecule has 0 bridgehead atoms. The largest absolute Gasteiger partial charge is 0.471 e. The maximum absolute atomic E-state index is 11.0. The van der Waals surface area contributed by atoms with E-state index in [1.807, 2.05) is 24.3 Å². The minimum atomic E-state index is -0.721. The molecule has 115 valence electrons. The number of nitrogens with zero attached hydrogens (tertiary/aromatic N) is 2. The third-order valence-corrected chi connectivity index (χ3v) is 3.48. The van der Waals surface area contributed by atoms with Crippen LogP contribution in [0.25, 0.3) is 11.1 Å². The maximum atomic E-state index is 11.0. The van der Waals surface area contributed by atoms with E-state index < -0.39 is 12.0 Å². The number of carbonyl (C=O) groups excluding carboxylic acids is 1. The van der Waals surface area contributed by atoms with Crippen LogP contribution in [0.5, 0.6) is 5.88 Å². The summed E-state index contributed by atoms with van der Waals surface area (Å²) in [6.07, 6.45) is 2.18. The van der Waals surface area contributed by atoms with Crippen LogP contribution in [0.2, 0.25) is 0 Å². The van der Waals surface area contributed by atoms with Crippen LogP contribution < -0.4 is 10.5 Å². The van der Waals surface area contributed by atoms with Gasteiger partial charge in [-0.05, 0) is 12.1 Å². The first-order chi connectivity index (χ1) is 11.2. The van der Waals surface area contributed by atoms with Gasteiger partial charge in [-0.25, -0.2) is 4.98 Å². The highest BCUT2D eigenvalue weighted by atomic mass is 16.6. The van der Waals surface area contributed by atoms with Crippen molar-refractivity contribution in [1.29, 1.82) is 5.26 Å². The van der Waals surface area contributed by atoms with Crippen molar-refractivity contribution in [3.63, 3.8) is 0 Å². The maximum Gasteiger partial charge on any atom is 0.247 e. The first kappa shape index (κ1) is 15.0. The molecular formula is C17H14N3O3. The van der Waals surface area contributed by atoms with E-state index in [0.29, 0.717) is 11.4 Å². The predicted octanol–water partition coefficient (Wildman–Crippen LogP) is 1.46. The topological polar surface area (TPSA) is 98.2 Å². The van der Waals surface area contributed by atoms with Gasteiger partial charge in [0.1, 0.15) is 12.2 Å². The van der Waals surface area contributed by atoms with Crippen molar-refractivity contribution in [3.05, 3.63) is 54.6 Å². The van der Waals surface area contributed by atoms with E-state index >= 15 is 0 Å². The normalized spacial score (nSPS) is 20.0. The lowest BCUT2D eigenvalue weighted by Crippen LogP contribution is -2.28. The van der Waals surface area contributed by atoms with E-state index in [2.05, 4.69) is 11.1 Å². The number of hydrogen-bond donors (Lipinski definition) is 1. The number of primary amides is 1. The van der Waals surface area contributed by atoms with E-state index in [1.54, 1.807) is 24.8 Å². The monoisotopic (exact) mass is 308 g/mol. The Kier molecular flexibility index (Phi) is 4.22. The molecule has 6 nitrogen and oxygen atoms in total. The van der Waals surface area contributed by atoms with Gasteiger partial charge < -0.3 is 15.2 Å². The van der Waals surface area contributed by atoms with Crippen LogP contribution in [0.3, 0.4) is 0 Å². The van der Waals surface area contributed by atoms with Crippen molar-refractivity contribution in [3.8, 4) is 23.1 Å². The molecule has 1 aromatic heterocycles. The van der Waals surface area contributed by atoms with Gasteiger partial charge in [0, 0.05) is 29.8 Å². The number of carbonyl (C=O) groups is 1. The predicted molar refractivity (Wildman–Crippen MR) is 82.0 cm³/mol. The molecule has 6 heteroatoms. The summed E-state index contributed by atoms with van der Waals surface area (Å²) in [5.74, 6) is -0.120. The third-order valence-electron chi connectivity index (χ3n) is 3.48. The van der Waals surface area contributed by atoms with Crippen molar-refractivity contribution < 1.29 is 14.3 Å². The van der Waals surface area contributed by atoms with Gasteiger partial charge >= 0.3 is 0 Å². The number of rotatable bonds is 4. The Balaban J connectivity index is 1.71. The Labute approximate surface area is 133 Å². The molecule has 2 unspecified atom stereocenters. The highest BCUT2D eigenvalue weighted by molar-refractivity contribution is 5.80. The summed E-state index contributed by atoms with van der Waals surface area (Å²) in [6, 6.07) is 13.0. The molecule has 2 aromatic rings. The number of nitrogens with two attached hydrogens (primary N) is 1. The summed E-state index contributed by atoms with van der Waals surface area (Å²) < 4.78 is 10.8. The Hall–Kier alpha value is -2.91. The number of hydrogen-bond acceptors (Lipinski definition) is 5. The molecule has 1 aliphatic heterocycles. The Morgan fingerprint density at radius 2 is 2.17 bits per heavy atom. The molecule has 3 rings (SSSR count). The third kappa shape index (κ3) is 3.30. The highest BCUT2D eigenvalue weighted by Gasteiger charge is 2.31. The van der Waals surface area contributed by atoms with Gasteiger partial charge in [0.25, 0.3) is 0 Å². The van der Waals surface area contributed by atoms with Crippen LogP contribution in [-0.4, -0.2) is 29.7 Å². The molecule has 1 amide bonds. The van der Waals surface area contributed by atoms with Crippen molar-refractivity contribution in [2.75, 3.05) is 6.61 Å². The number of aromatic nitrogens is 1. The number of nitriles is 1. The Bertz CT molecular complexity index is 752. The molecule has 2 heterocycles. The quantitative estimate of drug-likeness (QED) is 0.922. The van der Waals surface area contributed by atoms with Gasteiger partial charge in [-0.1, -0.05) is 18.2 Å². The van der Waals surface area contributed by atoms with E-state index in [0.717, 1.165) is 11.1 Å². The smallest absolute Gasteiger partial charge is 0.247 e. The molecule has 0 saturated carbocycles. The van der Waals surface area contributed by atoms with E-state index in [4.69, 9.17) is 20.5 Å². The van der Waals surface area contributed by atoms with E-state index in [1.165, 1.54) is 0 Å². The highest BCUT2D eigenvalue weighted by Crippen LogP contribution is 2.25. The van der Waals surface area contributed by atoms with Crippen molar-refractivity contribution in [2.45, 2.75) is 12.2 Å². The van der Waals surface area contributed by atoms with Crippen molar-refractivity contribution in [2.24, 2.45) is 5.73 Å². The average Bonchev–Trinajstić information content (AvgIpc) is 3.04. The fourth-order valence-electron chi connectivity index (χ4n) is 2.35. The SMILES string of the molecule is N#Cc1ccccc1-c1ccc(OC2[CH]C(C(N)=O)OC2)nc1. The fraction of sp³-hybridized carbons (Fsp3) is 0.176. The number of ether oxygens (including phenoxy) is 2. The second kappa shape index (κ2) is 6.46. The van der Waals surface area contributed by atoms with Crippen molar-refractivity contribution in [1.82, 2.24) is 4.98 Å². The first-order valence-corrected chi connectivity index (χ1v) is 7.05. The number of benzene rings is 1. The summed E-state index contributed by atoms with van der Waals surface area (Å²) in [7, 11) is 0. The number of amides is 1. The zero-order valence-electron chi connectivity index (χ0n) is 12.2. The molecule has 2 atom stereocenters. The van der Waals surface area contributed by atoms with Crippen LogP contribution in [0.15, 0.2) is 42.6 Å². The Morgan fingerprint density at radius 3 is 2.83 bits per heavy atom. The first-order valence-electron chi connectivity index (χ1n) is 7.05. The lowest BCUT2D eigenvalue weighted by molar-refractivity contribution is -0.125. The van der Waals surface area contributed by atoms with Crippen LogP contribution in [0.1, 0.15) is 5.56 Å². The van der Waals surface area contributed by atoms with Gasteiger partial charge in [-0.3, -0.25) is 4.79 Å². The Morgan fingerprint density at radius 1 is 1.35 bits per heavy atom. The number of pyridine rings is 1. The lowest BCUT2D eigenvalue weighted by Gasteiger charge is -2.11. The van der Waals surface area contributed by atoms with Crippen LogP contribution in [0.4, 0.5) is 0 Å². The van der Waals surface area contributed by atoms with Gasteiger partial charge in [-0.2, -0.15) is 5.26 Å². The minimum absolute atomic E-state index is 0.258. The van der Waals surface area contributed by atoms with Crippen LogP contribution in [0, 0.1) is 17.8 Å². The summed E-state index contributed by atoms with van der Waals surface area (Å²) in [5.41, 5.74) is 7.41. The molecule has 0 aliphatic carbocycles. The van der Waals surface area contributed by atoms with Gasteiger partial charge in [-0.15, -0.1) is 0 Å². The average molecular weight is 308 g/mol. The van der Waals surface area contributed by atoms with Crippen LogP contribution >= 0.6 is 0 Å². The summed E-state index contributed by atoms with van der Waals surface area (Å²) in [5, 5.41) is 9.14.